The van der Waals surface area contributed by atoms with E-state index in [-0.39, 0.29) is 11.0 Å². The van der Waals surface area contributed by atoms with Gasteiger partial charge in [-0.3, -0.25) is 0 Å². The number of fused-ring (bicyclic) bond motifs is 5. The van der Waals surface area contributed by atoms with E-state index in [4.69, 9.17) is 0 Å². The first-order valence-corrected chi connectivity index (χ1v) is 9.50. The summed E-state index contributed by atoms with van der Waals surface area (Å²) in [4.78, 5) is 0. The van der Waals surface area contributed by atoms with Crippen LogP contribution in [0.25, 0.3) is 0 Å². The first-order valence-electron chi connectivity index (χ1n) is 9.50. The van der Waals surface area contributed by atoms with E-state index in [1.165, 1.54) is 51.4 Å². The Labute approximate surface area is 130 Å². The Morgan fingerprint density at radius 3 is 2.81 bits per heavy atom. The number of allylic oxidation sites excluding steroid dienone is 2. The minimum absolute atomic E-state index is 0.197. The quantitative estimate of drug-likeness (QED) is 0.666. The van der Waals surface area contributed by atoms with Gasteiger partial charge in [-0.05, 0) is 86.9 Å². The van der Waals surface area contributed by atoms with Gasteiger partial charge in [-0.1, -0.05) is 31.9 Å². The molecule has 0 radical (unpaired) electrons. The SMILES string of the molecule is CC[C@@]1(O)CC[C@@H]2[C@H]3CC=C4CCCC[C@H]4[C@@H]3CC[C@]21C. The molecule has 1 nitrogen and oxygen atoms in total. The van der Waals surface area contributed by atoms with E-state index in [0.29, 0.717) is 0 Å². The summed E-state index contributed by atoms with van der Waals surface area (Å²) < 4.78 is 0. The molecule has 0 aromatic heterocycles. The second-order valence-electron chi connectivity index (χ2n) is 8.68. The van der Waals surface area contributed by atoms with Crippen molar-refractivity contribution in [3.8, 4) is 0 Å². The fourth-order valence-electron chi connectivity index (χ4n) is 6.94. The molecule has 0 heterocycles. The van der Waals surface area contributed by atoms with Gasteiger partial charge in [0, 0.05) is 0 Å². The number of hydrogen-bond acceptors (Lipinski definition) is 1. The molecular weight excluding hydrogens is 256 g/mol. The van der Waals surface area contributed by atoms with E-state index in [1.54, 1.807) is 0 Å². The molecule has 3 saturated carbocycles. The summed E-state index contributed by atoms with van der Waals surface area (Å²) in [5.41, 5.74) is 1.64. The van der Waals surface area contributed by atoms with Gasteiger partial charge in [-0.15, -0.1) is 0 Å². The molecular formula is C20H32O. The van der Waals surface area contributed by atoms with Gasteiger partial charge in [-0.2, -0.15) is 0 Å². The monoisotopic (exact) mass is 288 g/mol. The van der Waals surface area contributed by atoms with Gasteiger partial charge in [0.05, 0.1) is 5.60 Å². The van der Waals surface area contributed by atoms with Gasteiger partial charge in [0.2, 0.25) is 0 Å². The van der Waals surface area contributed by atoms with Crippen molar-refractivity contribution in [2.45, 2.75) is 83.7 Å². The zero-order valence-electron chi connectivity index (χ0n) is 13.9. The number of hydrogen-bond donors (Lipinski definition) is 1. The standard InChI is InChI=1S/C20H32O/c1-3-20(21)13-11-18-17-9-8-14-6-4-5-7-15(14)16(17)10-12-19(18,20)2/h8,15-18,21H,3-7,9-13H2,1-2H3/t15-,16+,17+,18-,19-,20-/m1/s1. The third-order valence-electron chi connectivity index (χ3n) is 8.27. The summed E-state index contributed by atoms with van der Waals surface area (Å²) in [6.45, 7) is 4.62. The highest BCUT2D eigenvalue weighted by Crippen LogP contribution is 2.65. The average molecular weight is 288 g/mol. The highest BCUT2D eigenvalue weighted by molar-refractivity contribution is 5.20. The molecule has 0 spiro atoms. The van der Waals surface area contributed by atoms with Crippen molar-refractivity contribution in [3.05, 3.63) is 11.6 Å². The number of aliphatic hydroxyl groups is 1. The first-order chi connectivity index (χ1) is 10.1. The predicted molar refractivity (Wildman–Crippen MR) is 86.9 cm³/mol. The van der Waals surface area contributed by atoms with Crippen LogP contribution >= 0.6 is 0 Å². The van der Waals surface area contributed by atoms with Crippen molar-refractivity contribution in [2.24, 2.45) is 29.1 Å². The number of rotatable bonds is 1. The summed E-state index contributed by atoms with van der Waals surface area (Å²) in [5.74, 6) is 3.51. The Bertz CT molecular complexity index is 453. The summed E-state index contributed by atoms with van der Waals surface area (Å²) in [7, 11) is 0. The molecule has 0 unspecified atom stereocenters. The summed E-state index contributed by atoms with van der Waals surface area (Å²) in [6.07, 6.45) is 15.6. The zero-order chi connectivity index (χ0) is 14.7. The lowest BCUT2D eigenvalue weighted by Crippen LogP contribution is -2.52. The van der Waals surface area contributed by atoms with Gasteiger partial charge in [0.1, 0.15) is 0 Å². The molecule has 0 aliphatic heterocycles. The summed E-state index contributed by atoms with van der Waals surface area (Å²) in [6, 6.07) is 0. The van der Waals surface area contributed by atoms with Gasteiger partial charge in [0.25, 0.3) is 0 Å². The third kappa shape index (κ3) is 1.85. The topological polar surface area (TPSA) is 20.2 Å². The minimum atomic E-state index is -0.376. The van der Waals surface area contributed by atoms with Crippen molar-refractivity contribution in [1.82, 2.24) is 0 Å². The third-order valence-corrected chi connectivity index (χ3v) is 8.27. The first kappa shape index (κ1) is 14.3. The van der Waals surface area contributed by atoms with E-state index in [2.05, 4.69) is 19.9 Å². The molecule has 4 aliphatic rings. The molecule has 0 aromatic carbocycles. The van der Waals surface area contributed by atoms with Crippen LogP contribution < -0.4 is 0 Å². The Kier molecular flexibility index (Phi) is 3.30. The van der Waals surface area contributed by atoms with Gasteiger partial charge in [0.15, 0.2) is 0 Å². The van der Waals surface area contributed by atoms with Crippen molar-refractivity contribution in [3.63, 3.8) is 0 Å². The van der Waals surface area contributed by atoms with E-state index >= 15 is 0 Å². The van der Waals surface area contributed by atoms with E-state index in [9.17, 15) is 5.11 Å². The molecule has 21 heavy (non-hydrogen) atoms. The second kappa shape index (κ2) is 4.85. The Morgan fingerprint density at radius 2 is 2.00 bits per heavy atom. The Balaban J connectivity index is 1.65. The Morgan fingerprint density at radius 1 is 1.14 bits per heavy atom. The molecule has 6 atom stereocenters. The van der Waals surface area contributed by atoms with Crippen LogP contribution in [0.5, 0.6) is 0 Å². The maximum absolute atomic E-state index is 11.2. The van der Waals surface area contributed by atoms with Crippen LogP contribution in [-0.2, 0) is 0 Å². The maximum Gasteiger partial charge on any atom is 0.0701 e. The van der Waals surface area contributed by atoms with Crippen molar-refractivity contribution in [2.75, 3.05) is 0 Å². The Hall–Kier alpha value is -0.300. The van der Waals surface area contributed by atoms with Crippen LogP contribution in [0.2, 0.25) is 0 Å². The molecule has 0 saturated heterocycles. The van der Waals surface area contributed by atoms with Crippen LogP contribution in [0, 0.1) is 29.1 Å². The minimum Gasteiger partial charge on any atom is -0.389 e. The molecule has 0 amide bonds. The van der Waals surface area contributed by atoms with Crippen molar-refractivity contribution < 1.29 is 5.11 Å². The van der Waals surface area contributed by atoms with Gasteiger partial charge < -0.3 is 5.11 Å². The average Bonchev–Trinajstić information content (AvgIpc) is 2.79. The second-order valence-corrected chi connectivity index (χ2v) is 8.68. The van der Waals surface area contributed by atoms with Crippen molar-refractivity contribution >= 4 is 0 Å². The molecule has 4 rings (SSSR count). The zero-order valence-corrected chi connectivity index (χ0v) is 13.9. The van der Waals surface area contributed by atoms with E-state index in [1.807, 2.05) is 5.57 Å². The smallest absolute Gasteiger partial charge is 0.0701 e. The van der Waals surface area contributed by atoms with Gasteiger partial charge >= 0.3 is 0 Å². The normalized spacial score (nSPS) is 52.6. The molecule has 1 heteroatoms. The van der Waals surface area contributed by atoms with Crippen LogP contribution in [0.15, 0.2) is 11.6 Å². The fourth-order valence-corrected chi connectivity index (χ4v) is 6.94. The fraction of sp³-hybridized carbons (Fsp3) is 0.900. The highest BCUT2D eigenvalue weighted by atomic mass is 16.3. The highest BCUT2D eigenvalue weighted by Gasteiger charge is 2.61. The van der Waals surface area contributed by atoms with E-state index in [0.717, 1.165) is 36.5 Å². The lowest BCUT2D eigenvalue weighted by Gasteiger charge is -2.55. The van der Waals surface area contributed by atoms with Crippen LogP contribution in [0.3, 0.4) is 0 Å². The van der Waals surface area contributed by atoms with Gasteiger partial charge in [-0.25, -0.2) is 0 Å². The molecule has 3 fully saturated rings. The van der Waals surface area contributed by atoms with E-state index < -0.39 is 0 Å². The lowest BCUT2D eigenvalue weighted by atomic mass is 9.51. The molecule has 4 aliphatic carbocycles. The predicted octanol–water partition coefficient (Wildman–Crippen LogP) is 5.09. The molecule has 118 valence electrons. The lowest BCUT2D eigenvalue weighted by molar-refractivity contribution is -0.116. The van der Waals surface area contributed by atoms with Crippen molar-refractivity contribution in [1.29, 1.82) is 0 Å². The van der Waals surface area contributed by atoms with Crippen LogP contribution in [0.1, 0.15) is 78.1 Å². The van der Waals surface area contributed by atoms with Crippen LogP contribution in [-0.4, -0.2) is 10.7 Å². The molecule has 0 bridgehead atoms. The summed E-state index contributed by atoms with van der Waals surface area (Å²) >= 11 is 0. The maximum atomic E-state index is 11.2. The molecule has 0 aromatic rings. The summed E-state index contributed by atoms with van der Waals surface area (Å²) in [5, 5.41) is 11.2. The largest absolute Gasteiger partial charge is 0.389 e. The molecule has 1 N–H and O–H groups in total. The van der Waals surface area contributed by atoms with Crippen LogP contribution in [0.4, 0.5) is 0 Å².